The van der Waals surface area contributed by atoms with Crippen molar-refractivity contribution in [2.75, 3.05) is 5.32 Å². The van der Waals surface area contributed by atoms with Gasteiger partial charge in [0, 0.05) is 17.8 Å². The molecule has 1 aromatic heterocycles. The lowest BCUT2D eigenvalue weighted by Gasteiger charge is -2.03. The molecule has 0 aliphatic carbocycles. The molecule has 2 rings (SSSR count). The first-order valence-electron chi connectivity index (χ1n) is 5.15. The molecular formula is C11H10FN3O3. The van der Waals surface area contributed by atoms with Gasteiger partial charge in [0.2, 0.25) is 0 Å². The first-order chi connectivity index (χ1) is 8.54. The highest BCUT2D eigenvalue weighted by molar-refractivity contribution is 5.51. The molecule has 94 valence electrons. The molecule has 0 atom stereocenters. The van der Waals surface area contributed by atoms with Gasteiger partial charge in [0.05, 0.1) is 17.5 Å². The molecule has 1 aromatic carbocycles. The zero-order valence-corrected chi connectivity index (χ0v) is 9.51. The number of anilines is 1. The van der Waals surface area contributed by atoms with Crippen LogP contribution in [-0.4, -0.2) is 10.1 Å². The maximum Gasteiger partial charge on any atom is 0.274 e. The van der Waals surface area contributed by atoms with Crippen LogP contribution in [0.5, 0.6) is 0 Å². The van der Waals surface area contributed by atoms with Crippen molar-refractivity contribution in [2.45, 2.75) is 13.5 Å². The maximum absolute atomic E-state index is 13.1. The van der Waals surface area contributed by atoms with Crippen molar-refractivity contribution in [1.29, 1.82) is 0 Å². The molecule has 0 saturated carbocycles. The van der Waals surface area contributed by atoms with Crippen molar-refractivity contribution in [3.63, 3.8) is 0 Å². The summed E-state index contributed by atoms with van der Waals surface area (Å²) in [6, 6.07) is 5.03. The molecule has 0 saturated heterocycles. The Labute approximate surface area is 102 Å². The monoisotopic (exact) mass is 251 g/mol. The largest absolute Gasteiger partial charge is 0.379 e. The highest BCUT2D eigenvalue weighted by atomic mass is 19.1. The molecule has 1 heterocycles. The van der Waals surface area contributed by atoms with Gasteiger partial charge in [-0.2, -0.15) is 0 Å². The van der Waals surface area contributed by atoms with E-state index in [0.717, 1.165) is 6.07 Å². The van der Waals surface area contributed by atoms with E-state index in [4.69, 9.17) is 4.52 Å². The van der Waals surface area contributed by atoms with Crippen LogP contribution in [0, 0.1) is 22.9 Å². The Kier molecular flexibility index (Phi) is 3.22. The minimum atomic E-state index is -0.664. The van der Waals surface area contributed by atoms with Crippen LogP contribution >= 0.6 is 0 Å². The Bertz CT molecular complexity index is 583. The molecule has 2 aromatic rings. The smallest absolute Gasteiger partial charge is 0.274 e. The number of nitro benzene ring substituents is 1. The summed E-state index contributed by atoms with van der Waals surface area (Å²) in [6.45, 7) is 2.06. The van der Waals surface area contributed by atoms with Crippen LogP contribution in [0.2, 0.25) is 0 Å². The van der Waals surface area contributed by atoms with Crippen LogP contribution in [0.3, 0.4) is 0 Å². The Morgan fingerprint density at radius 1 is 1.44 bits per heavy atom. The summed E-state index contributed by atoms with van der Waals surface area (Å²) in [5.74, 6) is 0.0000520. The summed E-state index contributed by atoms with van der Waals surface area (Å²) in [4.78, 5) is 9.92. The van der Waals surface area contributed by atoms with E-state index < -0.39 is 10.7 Å². The second-order valence-electron chi connectivity index (χ2n) is 3.74. The molecule has 18 heavy (non-hydrogen) atoms. The average molecular weight is 251 g/mol. The molecule has 0 aliphatic heterocycles. The summed E-state index contributed by atoms with van der Waals surface area (Å²) < 4.78 is 18.0. The molecule has 0 amide bonds. The van der Waals surface area contributed by atoms with Crippen LogP contribution < -0.4 is 5.32 Å². The normalized spacial score (nSPS) is 10.3. The van der Waals surface area contributed by atoms with E-state index in [9.17, 15) is 14.5 Å². The van der Waals surface area contributed by atoms with Gasteiger partial charge < -0.3 is 9.84 Å². The summed E-state index contributed by atoms with van der Waals surface area (Å²) in [6.07, 6.45) is 0. The van der Waals surface area contributed by atoms with E-state index in [1.165, 1.54) is 12.1 Å². The quantitative estimate of drug-likeness (QED) is 0.667. The standard InChI is InChI=1S/C11H10FN3O3/c1-7-2-10(14-18-7)6-13-9-3-8(12)4-11(5-9)15(16)17/h2-5,13H,6H2,1H3. The Morgan fingerprint density at radius 3 is 2.83 bits per heavy atom. The predicted octanol–water partition coefficient (Wildman–Crippen LogP) is 2.64. The second kappa shape index (κ2) is 4.82. The fourth-order valence-corrected chi connectivity index (χ4v) is 1.48. The number of benzene rings is 1. The Balaban J connectivity index is 2.11. The molecule has 0 radical (unpaired) electrons. The SMILES string of the molecule is Cc1cc(CNc2cc(F)cc([N+](=O)[O-])c2)no1. The summed E-state index contributed by atoms with van der Waals surface area (Å²) in [5, 5.41) is 17.2. The van der Waals surface area contributed by atoms with Gasteiger partial charge in [-0.1, -0.05) is 5.16 Å². The predicted molar refractivity (Wildman–Crippen MR) is 61.6 cm³/mol. The minimum absolute atomic E-state index is 0.297. The van der Waals surface area contributed by atoms with Crippen LogP contribution in [0.25, 0.3) is 0 Å². The van der Waals surface area contributed by atoms with E-state index in [1.54, 1.807) is 13.0 Å². The van der Waals surface area contributed by atoms with Crippen LogP contribution in [0.1, 0.15) is 11.5 Å². The van der Waals surface area contributed by atoms with Gasteiger partial charge in [-0.05, 0) is 13.0 Å². The summed E-state index contributed by atoms with van der Waals surface area (Å²) in [7, 11) is 0. The maximum atomic E-state index is 13.1. The zero-order valence-electron chi connectivity index (χ0n) is 9.51. The van der Waals surface area contributed by atoms with Crippen LogP contribution in [0.4, 0.5) is 15.8 Å². The Morgan fingerprint density at radius 2 is 2.22 bits per heavy atom. The van der Waals surface area contributed by atoms with Crippen molar-refractivity contribution < 1.29 is 13.8 Å². The number of aromatic nitrogens is 1. The fraction of sp³-hybridized carbons (Fsp3) is 0.182. The van der Waals surface area contributed by atoms with Gasteiger partial charge >= 0.3 is 0 Å². The molecule has 0 fully saturated rings. The van der Waals surface area contributed by atoms with Gasteiger partial charge in [0.25, 0.3) is 5.69 Å². The fourth-order valence-electron chi connectivity index (χ4n) is 1.48. The lowest BCUT2D eigenvalue weighted by atomic mass is 10.2. The summed E-state index contributed by atoms with van der Waals surface area (Å²) >= 11 is 0. The number of nitro groups is 1. The van der Waals surface area contributed by atoms with Crippen LogP contribution in [0.15, 0.2) is 28.8 Å². The number of hydrogen-bond donors (Lipinski definition) is 1. The molecule has 0 spiro atoms. The van der Waals surface area contributed by atoms with E-state index >= 15 is 0 Å². The molecule has 7 heteroatoms. The number of non-ortho nitro benzene ring substituents is 1. The average Bonchev–Trinajstić information content (AvgIpc) is 2.72. The number of hydrogen-bond acceptors (Lipinski definition) is 5. The van der Waals surface area contributed by atoms with Gasteiger partial charge in [-0.15, -0.1) is 0 Å². The number of halogens is 1. The molecular weight excluding hydrogens is 241 g/mol. The lowest BCUT2D eigenvalue weighted by Crippen LogP contribution is -2.01. The highest BCUT2D eigenvalue weighted by Gasteiger charge is 2.10. The third-order valence-corrected chi connectivity index (χ3v) is 2.24. The summed E-state index contributed by atoms with van der Waals surface area (Å²) in [5.41, 5.74) is 0.663. The van der Waals surface area contributed by atoms with Crippen molar-refractivity contribution in [2.24, 2.45) is 0 Å². The number of nitrogens with zero attached hydrogens (tertiary/aromatic N) is 2. The van der Waals surface area contributed by atoms with Crippen molar-refractivity contribution in [3.8, 4) is 0 Å². The number of nitrogens with one attached hydrogen (secondary N) is 1. The first kappa shape index (κ1) is 12.0. The van der Waals surface area contributed by atoms with Gasteiger partial charge in [0.1, 0.15) is 17.3 Å². The van der Waals surface area contributed by atoms with Crippen molar-refractivity contribution in [3.05, 3.63) is 51.7 Å². The zero-order chi connectivity index (χ0) is 13.1. The van der Waals surface area contributed by atoms with Gasteiger partial charge in [-0.25, -0.2) is 4.39 Å². The topological polar surface area (TPSA) is 81.2 Å². The minimum Gasteiger partial charge on any atom is -0.379 e. The third kappa shape index (κ3) is 2.82. The van der Waals surface area contributed by atoms with E-state index in [0.29, 0.717) is 23.7 Å². The molecule has 1 N–H and O–H groups in total. The van der Waals surface area contributed by atoms with E-state index in [-0.39, 0.29) is 5.69 Å². The molecule has 0 bridgehead atoms. The number of rotatable bonds is 4. The van der Waals surface area contributed by atoms with Gasteiger partial charge in [-0.3, -0.25) is 10.1 Å². The lowest BCUT2D eigenvalue weighted by molar-refractivity contribution is -0.385. The van der Waals surface area contributed by atoms with Crippen LogP contribution in [-0.2, 0) is 6.54 Å². The molecule has 6 nitrogen and oxygen atoms in total. The molecule has 0 aliphatic rings. The Hall–Kier alpha value is -2.44. The highest BCUT2D eigenvalue weighted by Crippen LogP contribution is 2.20. The number of aryl methyl sites for hydroxylation is 1. The first-order valence-corrected chi connectivity index (χ1v) is 5.15. The van der Waals surface area contributed by atoms with Crippen molar-refractivity contribution >= 4 is 11.4 Å². The second-order valence-corrected chi connectivity index (χ2v) is 3.74. The molecule has 0 unspecified atom stereocenters. The van der Waals surface area contributed by atoms with Crippen molar-refractivity contribution in [1.82, 2.24) is 5.16 Å². The van der Waals surface area contributed by atoms with E-state index in [2.05, 4.69) is 10.5 Å². The third-order valence-electron chi connectivity index (χ3n) is 2.24. The van der Waals surface area contributed by atoms with E-state index in [1.807, 2.05) is 0 Å². The van der Waals surface area contributed by atoms with Gasteiger partial charge in [0.15, 0.2) is 0 Å².